The Bertz CT molecular complexity index is 1150. The smallest absolute Gasteiger partial charge is 0.293 e. The van der Waals surface area contributed by atoms with Crippen LogP contribution in [0.2, 0.25) is 0 Å². The predicted molar refractivity (Wildman–Crippen MR) is 107 cm³/mol. The number of rotatable bonds is 6. The molecule has 0 bridgehead atoms. The maximum atomic E-state index is 11.7. The van der Waals surface area contributed by atoms with Crippen LogP contribution < -0.4 is 5.32 Å². The van der Waals surface area contributed by atoms with Crippen molar-refractivity contribution in [1.82, 2.24) is 9.78 Å². The highest BCUT2D eigenvalue weighted by molar-refractivity contribution is 7.90. The molecule has 0 atom stereocenters. The molecule has 0 spiro atoms. The average molecular weight is 400 g/mol. The molecular formula is C19H20N4O4S. The largest absolute Gasteiger partial charge is 0.350 e. The molecule has 3 rings (SSSR count). The molecule has 2 aromatic carbocycles. The lowest BCUT2D eigenvalue weighted by atomic mass is 10.2. The monoisotopic (exact) mass is 400 g/mol. The first-order valence-corrected chi connectivity index (χ1v) is 10.4. The summed E-state index contributed by atoms with van der Waals surface area (Å²) in [5.41, 5.74) is 3.55. The Labute approximate surface area is 162 Å². The van der Waals surface area contributed by atoms with Crippen molar-refractivity contribution >= 4 is 26.9 Å². The number of sulfone groups is 1. The lowest BCUT2D eigenvalue weighted by molar-refractivity contribution is -0.384. The molecule has 9 heteroatoms. The Kier molecular flexibility index (Phi) is 5.19. The van der Waals surface area contributed by atoms with E-state index in [9.17, 15) is 18.5 Å². The Morgan fingerprint density at radius 2 is 1.89 bits per heavy atom. The zero-order chi connectivity index (χ0) is 20.5. The summed E-state index contributed by atoms with van der Waals surface area (Å²) in [6.07, 6.45) is 1.02. The molecule has 0 saturated heterocycles. The fraction of sp³-hybridized carbons (Fsp3) is 0.211. The van der Waals surface area contributed by atoms with Gasteiger partial charge in [0.25, 0.3) is 5.69 Å². The fourth-order valence-corrected chi connectivity index (χ4v) is 3.55. The number of hydrogen-bond acceptors (Lipinski definition) is 6. The molecule has 0 aliphatic heterocycles. The van der Waals surface area contributed by atoms with Gasteiger partial charge in [0.1, 0.15) is 5.69 Å². The molecule has 0 unspecified atom stereocenters. The molecule has 3 aromatic rings. The minimum atomic E-state index is -3.53. The SMILES string of the molecule is Cc1cc(C)n(Cc2cccc(Nc3ccc(S(C)(=O)=O)cc3[N+](=O)[O-])c2)n1. The third-order valence-corrected chi connectivity index (χ3v) is 5.35. The number of benzene rings is 2. The Morgan fingerprint density at radius 3 is 2.50 bits per heavy atom. The number of nitrogens with zero attached hydrogens (tertiary/aromatic N) is 3. The van der Waals surface area contributed by atoms with Gasteiger partial charge in [-0.1, -0.05) is 12.1 Å². The summed E-state index contributed by atoms with van der Waals surface area (Å²) in [7, 11) is -3.53. The van der Waals surface area contributed by atoms with Crippen LogP contribution in [0.15, 0.2) is 53.4 Å². The molecule has 1 aromatic heterocycles. The van der Waals surface area contributed by atoms with E-state index in [0.717, 1.165) is 29.3 Å². The van der Waals surface area contributed by atoms with E-state index < -0.39 is 14.8 Å². The van der Waals surface area contributed by atoms with E-state index in [2.05, 4.69) is 10.4 Å². The minimum absolute atomic E-state index is 0.0944. The van der Waals surface area contributed by atoms with E-state index in [1.165, 1.54) is 12.1 Å². The minimum Gasteiger partial charge on any atom is -0.350 e. The van der Waals surface area contributed by atoms with Gasteiger partial charge >= 0.3 is 0 Å². The third-order valence-electron chi connectivity index (χ3n) is 4.24. The highest BCUT2D eigenvalue weighted by atomic mass is 32.2. The second-order valence-corrected chi connectivity index (χ2v) is 8.63. The van der Waals surface area contributed by atoms with Crippen molar-refractivity contribution in [2.45, 2.75) is 25.3 Å². The number of nitrogens with one attached hydrogen (secondary N) is 1. The first-order valence-electron chi connectivity index (χ1n) is 8.49. The number of aryl methyl sites for hydroxylation is 2. The molecule has 1 heterocycles. The van der Waals surface area contributed by atoms with E-state index in [1.807, 2.05) is 42.8 Å². The van der Waals surface area contributed by atoms with Gasteiger partial charge in [-0.2, -0.15) is 5.10 Å². The van der Waals surface area contributed by atoms with Gasteiger partial charge in [-0.25, -0.2) is 8.42 Å². The van der Waals surface area contributed by atoms with Crippen LogP contribution in [0.3, 0.4) is 0 Å². The van der Waals surface area contributed by atoms with Gasteiger partial charge < -0.3 is 5.32 Å². The molecule has 1 N–H and O–H groups in total. The zero-order valence-electron chi connectivity index (χ0n) is 15.7. The van der Waals surface area contributed by atoms with E-state index in [-0.39, 0.29) is 16.3 Å². The van der Waals surface area contributed by atoms with Crippen molar-refractivity contribution in [3.05, 3.63) is 75.6 Å². The normalized spacial score (nSPS) is 11.4. The average Bonchev–Trinajstić information content (AvgIpc) is 2.91. The van der Waals surface area contributed by atoms with Crippen molar-refractivity contribution < 1.29 is 13.3 Å². The summed E-state index contributed by atoms with van der Waals surface area (Å²) in [5, 5.41) is 18.8. The van der Waals surface area contributed by atoms with E-state index >= 15 is 0 Å². The van der Waals surface area contributed by atoms with E-state index in [4.69, 9.17) is 0 Å². The van der Waals surface area contributed by atoms with Crippen LogP contribution in [0.1, 0.15) is 17.0 Å². The molecule has 0 amide bonds. The third kappa shape index (κ3) is 4.37. The Hall–Kier alpha value is -3.20. The molecular weight excluding hydrogens is 380 g/mol. The summed E-state index contributed by atoms with van der Waals surface area (Å²) in [5.74, 6) is 0. The second-order valence-electron chi connectivity index (χ2n) is 6.62. The molecule has 0 saturated carbocycles. The first kappa shape index (κ1) is 19.6. The van der Waals surface area contributed by atoms with E-state index in [0.29, 0.717) is 12.2 Å². The summed E-state index contributed by atoms with van der Waals surface area (Å²) >= 11 is 0. The van der Waals surface area contributed by atoms with Crippen LogP contribution in [0, 0.1) is 24.0 Å². The Balaban J connectivity index is 1.90. The van der Waals surface area contributed by atoms with Gasteiger partial charge in [-0.15, -0.1) is 0 Å². The maximum Gasteiger partial charge on any atom is 0.293 e. The van der Waals surface area contributed by atoms with Crippen molar-refractivity contribution in [3.63, 3.8) is 0 Å². The molecule has 146 valence electrons. The molecule has 28 heavy (non-hydrogen) atoms. The molecule has 8 nitrogen and oxygen atoms in total. The van der Waals surface area contributed by atoms with Gasteiger partial charge in [-0.3, -0.25) is 14.8 Å². The van der Waals surface area contributed by atoms with Gasteiger partial charge in [0, 0.05) is 23.7 Å². The fourth-order valence-electron chi connectivity index (χ4n) is 2.91. The lowest BCUT2D eigenvalue weighted by Crippen LogP contribution is -2.05. The summed E-state index contributed by atoms with van der Waals surface area (Å²) in [6.45, 7) is 4.49. The summed E-state index contributed by atoms with van der Waals surface area (Å²) < 4.78 is 25.2. The van der Waals surface area contributed by atoms with Crippen molar-refractivity contribution in [2.75, 3.05) is 11.6 Å². The second kappa shape index (κ2) is 7.43. The quantitative estimate of drug-likeness (QED) is 0.500. The van der Waals surface area contributed by atoms with Crippen molar-refractivity contribution in [3.8, 4) is 0 Å². The standard InChI is InChI=1S/C19H20N4O4S/c1-13-9-14(2)22(21-13)12-15-5-4-6-16(10-15)20-18-8-7-17(28(3,26)27)11-19(18)23(24)25/h4-11,20H,12H2,1-3H3. The molecule has 0 aliphatic carbocycles. The molecule has 0 radical (unpaired) electrons. The highest BCUT2D eigenvalue weighted by Crippen LogP contribution is 2.30. The van der Waals surface area contributed by atoms with Crippen molar-refractivity contribution in [2.24, 2.45) is 0 Å². The molecule has 0 fully saturated rings. The number of nitro groups is 1. The maximum absolute atomic E-state index is 11.7. The van der Waals surface area contributed by atoms with Gasteiger partial charge in [0.15, 0.2) is 9.84 Å². The molecule has 0 aliphatic rings. The van der Waals surface area contributed by atoms with Crippen LogP contribution >= 0.6 is 0 Å². The topological polar surface area (TPSA) is 107 Å². The van der Waals surface area contributed by atoms with Crippen LogP contribution in [-0.4, -0.2) is 29.4 Å². The van der Waals surface area contributed by atoms with Gasteiger partial charge in [0.05, 0.1) is 22.1 Å². The van der Waals surface area contributed by atoms with Gasteiger partial charge in [-0.05, 0) is 49.7 Å². The number of hydrogen-bond donors (Lipinski definition) is 1. The van der Waals surface area contributed by atoms with Crippen LogP contribution in [0.25, 0.3) is 0 Å². The van der Waals surface area contributed by atoms with Crippen LogP contribution in [0.5, 0.6) is 0 Å². The highest BCUT2D eigenvalue weighted by Gasteiger charge is 2.19. The predicted octanol–water partition coefficient (Wildman–Crippen LogP) is 3.60. The Morgan fingerprint density at radius 1 is 1.14 bits per heavy atom. The number of aromatic nitrogens is 2. The van der Waals surface area contributed by atoms with Crippen molar-refractivity contribution in [1.29, 1.82) is 0 Å². The van der Waals surface area contributed by atoms with Gasteiger partial charge in [0.2, 0.25) is 0 Å². The number of nitro benzene ring substituents is 1. The first-order chi connectivity index (χ1) is 13.1. The number of anilines is 2. The summed E-state index contributed by atoms with van der Waals surface area (Å²) in [6, 6.07) is 13.3. The zero-order valence-corrected chi connectivity index (χ0v) is 16.5. The summed E-state index contributed by atoms with van der Waals surface area (Å²) in [4.78, 5) is 10.7. The van der Waals surface area contributed by atoms with Crippen LogP contribution in [-0.2, 0) is 16.4 Å². The van der Waals surface area contributed by atoms with Crippen LogP contribution in [0.4, 0.5) is 17.1 Å². The van der Waals surface area contributed by atoms with E-state index in [1.54, 1.807) is 6.07 Å². The lowest BCUT2D eigenvalue weighted by Gasteiger charge is -2.11.